The molecule has 6 nitrogen and oxygen atoms in total. The molecule has 4 aromatic rings. The number of amides is 1. The highest BCUT2D eigenvalue weighted by atomic mass is 19.4. The zero-order valence-electron chi connectivity index (χ0n) is 15.9. The summed E-state index contributed by atoms with van der Waals surface area (Å²) in [6.45, 7) is 0. The predicted octanol–water partition coefficient (Wildman–Crippen LogP) is 3.69. The smallest absolute Gasteiger partial charge is 0.366 e. The van der Waals surface area contributed by atoms with Crippen LogP contribution in [0.1, 0.15) is 27.2 Å². The molecule has 0 aliphatic heterocycles. The highest BCUT2D eigenvalue weighted by Gasteiger charge is 2.31. The highest BCUT2D eigenvalue weighted by molar-refractivity contribution is 6.01. The predicted molar refractivity (Wildman–Crippen MR) is 108 cm³/mol. The van der Waals surface area contributed by atoms with Crippen LogP contribution in [-0.4, -0.2) is 21.1 Å². The molecule has 0 saturated heterocycles. The third kappa shape index (κ3) is 4.02. The molecular weight excluding hydrogens is 409 g/mol. The number of nitrogens with two attached hydrogens (primary N) is 1. The second-order valence-electron chi connectivity index (χ2n) is 6.92. The lowest BCUT2D eigenvalue weighted by molar-refractivity contribution is -0.137. The van der Waals surface area contributed by atoms with Crippen LogP contribution in [0.2, 0.25) is 0 Å². The van der Waals surface area contributed by atoms with Gasteiger partial charge in [-0.15, -0.1) is 0 Å². The number of aromatic amines is 1. The topological polar surface area (TPSA) is 102 Å². The largest absolute Gasteiger partial charge is 0.416 e. The van der Waals surface area contributed by atoms with Gasteiger partial charge >= 0.3 is 6.18 Å². The maximum Gasteiger partial charge on any atom is 0.416 e. The van der Waals surface area contributed by atoms with Crippen LogP contribution >= 0.6 is 0 Å². The molecule has 2 aromatic carbocycles. The van der Waals surface area contributed by atoms with E-state index in [-0.39, 0.29) is 22.1 Å². The number of halogens is 3. The van der Waals surface area contributed by atoms with Gasteiger partial charge in [-0.2, -0.15) is 18.3 Å². The van der Waals surface area contributed by atoms with Crippen LogP contribution in [0.5, 0.6) is 0 Å². The van der Waals surface area contributed by atoms with Gasteiger partial charge < -0.3 is 5.73 Å². The number of rotatable bonds is 4. The monoisotopic (exact) mass is 424 g/mol. The maximum absolute atomic E-state index is 13.2. The van der Waals surface area contributed by atoms with Crippen LogP contribution in [0.25, 0.3) is 21.9 Å². The van der Waals surface area contributed by atoms with E-state index in [0.717, 1.165) is 23.8 Å². The van der Waals surface area contributed by atoms with Gasteiger partial charge in [0.05, 0.1) is 16.6 Å². The van der Waals surface area contributed by atoms with Crippen LogP contribution in [0.3, 0.4) is 0 Å². The first-order valence-electron chi connectivity index (χ1n) is 9.15. The van der Waals surface area contributed by atoms with E-state index >= 15 is 0 Å². The fourth-order valence-electron chi connectivity index (χ4n) is 3.40. The number of benzene rings is 2. The van der Waals surface area contributed by atoms with Crippen molar-refractivity contribution >= 4 is 16.7 Å². The van der Waals surface area contributed by atoms with Gasteiger partial charge in [0, 0.05) is 29.8 Å². The van der Waals surface area contributed by atoms with E-state index in [9.17, 15) is 22.8 Å². The number of H-pyrrole nitrogens is 1. The van der Waals surface area contributed by atoms with E-state index in [1.807, 2.05) is 6.07 Å². The number of nitrogens with one attached hydrogen (secondary N) is 1. The molecule has 0 spiro atoms. The average molecular weight is 424 g/mol. The summed E-state index contributed by atoms with van der Waals surface area (Å²) < 4.78 is 39.6. The maximum atomic E-state index is 13.2. The number of primary amides is 1. The Morgan fingerprint density at radius 1 is 1.06 bits per heavy atom. The van der Waals surface area contributed by atoms with E-state index in [1.54, 1.807) is 24.5 Å². The van der Waals surface area contributed by atoms with Crippen molar-refractivity contribution in [2.45, 2.75) is 12.6 Å². The molecule has 0 radical (unpaired) electrons. The minimum absolute atomic E-state index is 0.00533. The standard InChI is InChI=1S/C22H15F3N4O2/c23-22(24,25)14-4-6-16(20(26)30)17(10-14)13-3-5-15-18(9-13)21(31)29-28-19(15)8-12-2-1-7-27-11-12/h1-7,9-11H,8H2,(H2,26,30)(H,29,31). The van der Waals surface area contributed by atoms with Crippen LogP contribution in [0.4, 0.5) is 13.2 Å². The van der Waals surface area contributed by atoms with E-state index < -0.39 is 23.2 Å². The molecule has 3 N–H and O–H groups in total. The molecule has 0 bridgehead atoms. The Kier molecular flexibility index (Phi) is 5.02. The summed E-state index contributed by atoms with van der Waals surface area (Å²) in [4.78, 5) is 28.3. The van der Waals surface area contributed by atoms with Crippen molar-refractivity contribution in [2.24, 2.45) is 5.73 Å². The normalized spacial score (nSPS) is 11.6. The molecule has 156 valence electrons. The fraction of sp³-hybridized carbons (Fsp3) is 0.0909. The average Bonchev–Trinajstić information content (AvgIpc) is 2.75. The van der Waals surface area contributed by atoms with E-state index in [2.05, 4.69) is 15.2 Å². The Morgan fingerprint density at radius 3 is 2.55 bits per heavy atom. The van der Waals surface area contributed by atoms with Crippen molar-refractivity contribution in [1.29, 1.82) is 0 Å². The zero-order valence-corrected chi connectivity index (χ0v) is 15.9. The second-order valence-corrected chi connectivity index (χ2v) is 6.92. The van der Waals surface area contributed by atoms with Crippen molar-refractivity contribution in [3.05, 3.63) is 93.7 Å². The van der Waals surface area contributed by atoms with Crippen LogP contribution < -0.4 is 11.3 Å². The number of carbonyl (C=O) groups excluding carboxylic acids is 1. The number of aromatic nitrogens is 3. The Morgan fingerprint density at radius 2 is 1.87 bits per heavy atom. The minimum Gasteiger partial charge on any atom is -0.366 e. The SMILES string of the molecule is NC(=O)c1ccc(C(F)(F)F)cc1-c1ccc2c(Cc3cccnc3)n[nH]c(=O)c2c1. The zero-order chi connectivity index (χ0) is 22.2. The molecule has 0 fully saturated rings. The highest BCUT2D eigenvalue weighted by Crippen LogP contribution is 2.35. The Balaban J connectivity index is 1.88. The number of carbonyl (C=O) groups is 1. The van der Waals surface area contributed by atoms with Crippen molar-refractivity contribution in [1.82, 2.24) is 15.2 Å². The second kappa shape index (κ2) is 7.67. The minimum atomic E-state index is -4.60. The fourth-order valence-corrected chi connectivity index (χ4v) is 3.40. The van der Waals surface area contributed by atoms with E-state index in [1.165, 1.54) is 12.1 Å². The Bertz CT molecular complexity index is 1350. The Labute approximate surface area is 173 Å². The molecule has 4 rings (SSSR count). The lowest BCUT2D eigenvalue weighted by atomic mass is 9.94. The van der Waals surface area contributed by atoms with E-state index in [4.69, 9.17) is 5.73 Å². The van der Waals surface area contributed by atoms with E-state index in [0.29, 0.717) is 17.5 Å². The molecule has 2 aromatic heterocycles. The van der Waals surface area contributed by atoms with Gasteiger partial charge in [0.25, 0.3) is 5.56 Å². The third-order valence-corrected chi connectivity index (χ3v) is 4.89. The lowest BCUT2D eigenvalue weighted by Gasteiger charge is -2.13. The molecular formula is C22H15F3N4O2. The summed E-state index contributed by atoms with van der Waals surface area (Å²) in [6.07, 6.45) is -0.884. The van der Waals surface area contributed by atoms with Gasteiger partial charge in [0.15, 0.2) is 0 Å². The molecule has 0 atom stereocenters. The van der Waals surface area contributed by atoms with Gasteiger partial charge in [0.1, 0.15) is 0 Å². The van der Waals surface area contributed by atoms with Gasteiger partial charge in [-0.05, 0) is 47.0 Å². The van der Waals surface area contributed by atoms with Crippen molar-refractivity contribution in [3.8, 4) is 11.1 Å². The van der Waals surface area contributed by atoms with Gasteiger partial charge in [-0.3, -0.25) is 14.6 Å². The van der Waals surface area contributed by atoms with Crippen LogP contribution in [0, 0.1) is 0 Å². The molecule has 0 aliphatic rings. The van der Waals surface area contributed by atoms with Crippen molar-refractivity contribution in [3.63, 3.8) is 0 Å². The molecule has 9 heteroatoms. The third-order valence-electron chi connectivity index (χ3n) is 4.89. The van der Waals surface area contributed by atoms with Gasteiger partial charge in [0.2, 0.25) is 5.91 Å². The number of pyridine rings is 1. The lowest BCUT2D eigenvalue weighted by Crippen LogP contribution is -2.15. The summed E-state index contributed by atoms with van der Waals surface area (Å²) in [5.41, 5.74) is 5.57. The van der Waals surface area contributed by atoms with Crippen molar-refractivity contribution in [2.75, 3.05) is 0 Å². The molecule has 0 saturated carbocycles. The van der Waals surface area contributed by atoms with Crippen LogP contribution in [0.15, 0.2) is 65.7 Å². The molecule has 0 aliphatic carbocycles. The van der Waals surface area contributed by atoms with Gasteiger partial charge in [-0.1, -0.05) is 18.2 Å². The van der Waals surface area contributed by atoms with Crippen molar-refractivity contribution < 1.29 is 18.0 Å². The Hall–Kier alpha value is -4.01. The first-order chi connectivity index (χ1) is 14.7. The number of alkyl halides is 3. The summed E-state index contributed by atoms with van der Waals surface area (Å²) in [6, 6.07) is 10.9. The summed E-state index contributed by atoms with van der Waals surface area (Å²) >= 11 is 0. The molecule has 31 heavy (non-hydrogen) atoms. The first kappa shape index (κ1) is 20.3. The number of hydrogen-bond acceptors (Lipinski definition) is 4. The quantitative estimate of drug-likeness (QED) is 0.522. The van der Waals surface area contributed by atoms with Crippen LogP contribution in [-0.2, 0) is 12.6 Å². The molecule has 1 amide bonds. The molecule has 0 unspecified atom stereocenters. The number of fused-ring (bicyclic) bond motifs is 1. The number of nitrogens with zero attached hydrogens (tertiary/aromatic N) is 2. The first-order valence-corrected chi connectivity index (χ1v) is 9.15. The summed E-state index contributed by atoms with van der Waals surface area (Å²) in [5.74, 6) is -0.871. The summed E-state index contributed by atoms with van der Waals surface area (Å²) in [7, 11) is 0. The van der Waals surface area contributed by atoms with Gasteiger partial charge in [-0.25, -0.2) is 5.10 Å². The number of hydrogen-bond donors (Lipinski definition) is 2. The summed E-state index contributed by atoms with van der Waals surface area (Å²) in [5, 5.41) is 7.31. The molecule has 2 heterocycles.